The zero-order chi connectivity index (χ0) is 10.8. The summed E-state index contributed by atoms with van der Waals surface area (Å²) in [5.41, 5.74) is 0.880. The number of hydrogen-bond donors (Lipinski definition) is 1. The minimum absolute atomic E-state index is 0.428. The van der Waals surface area contributed by atoms with E-state index in [0.717, 1.165) is 17.9 Å². The van der Waals surface area contributed by atoms with Crippen LogP contribution in [0.2, 0.25) is 0 Å². The number of aromatic nitrogens is 1. The Bertz CT molecular complexity index is 321. The van der Waals surface area contributed by atoms with Gasteiger partial charge >= 0.3 is 0 Å². The van der Waals surface area contributed by atoms with Crippen LogP contribution >= 0.6 is 0 Å². The molecule has 2 atom stereocenters. The van der Waals surface area contributed by atoms with Crippen LogP contribution in [0, 0.1) is 0 Å². The van der Waals surface area contributed by atoms with Crippen LogP contribution in [0.3, 0.4) is 0 Å². The molecular weight excluding hydrogens is 188 g/mol. The molecule has 0 spiro atoms. The molecule has 1 aromatic heterocycles. The number of hydrogen-bond acceptors (Lipinski definition) is 3. The van der Waals surface area contributed by atoms with E-state index in [1.807, 2.05) is 12.1 Å². The summed E-state index contributed by atoms with van der Waals surface area (Å²) < 4.78 is 0. The minimum Gasteiger partial charge on any atom is -0.389 e. The molecule has 1 saturated heterocycles. The van der Waals surface area contributed by atoms with Gasteiger partial charge in [0.15, 0.2) is 0 Å². The van der Waals surface area contributed by atoms with Gasteiger partial charge in [0.05, 0.1) is 6.10 Å². The largest absolute Gasteiger partial charge is 0.389 e. The first-order chi connectivity index (χ1) is 7.18. The van der Waals surface area contributed by atoms with E-state index in [9.17, 15) is 5.11 Å². The van der Waals surface area contributed by atoms with Crippen LogP contribution in [-0.4, -0.2) is 22.7 Å². The fourth-order valence-corrected chi connectivity index (χ4v) is 2.09. The first-order valence-corrected chi connectivity index (χ1v) is 5.59. The number of anilines is 1. The lowest BCUT2D eigenvalue weighted by molar-refractivity contribution is 0.199. The van der Waals surface area contributed by atoms with Crippen molar-refractivity contribution in [3.05, 3.63) is 23.9 Å². The molecular formula is C12H18N2O. The van der Waals surface area contributed by atoms with Crippen LogP contribution in [0.1, 0.15) is 38.4 Å². The quantitative estimate of drug-likeness (QED) is 0.805. The van der Waals surface area contributed by atoms with Crippen LogP contribution in [-0.2, 0) is 0 Å². The van der Waals surface area contributed by atoms with E-state index in [2.05, 4.69) is 16.8 Å². The van der Waals surface area contributed by atoms with Crippen LogP contribution in [0.5, 0.6) is 0 Å². The van der Waals surface area contributed by atoms with E-state index in [1.165, 1.54) is 12.8 Å². The van der Waals surface area contributed by atoms with Crippen molar-refractivity contribution in [1.82, 2.24) is 4.98 Å². The van der Waals surface area contributed by atoms with Crippen LogP contribution < -0.4 is 4.90 Å². The van der Waals surface area contributed by atoms with Gasteiger partial charge in [0, 0.05) is 18.8 Å². The molecule has 1 aliphatic rings. The summed E-state index contributed by atoms with van der Waals surface area (Å²) in [7, 11) is 0. The summed E-state index contributed by atoms with van der Waals surface area (Å²) >= 11 is 0. The van der Waals surface area contributed by atoms with E-state index in [1.54, 1.807) is 13.1 Å². The lowest BCUT2D eigenvalue weighted by atomic mass is 10.2. The summed E-state index contributed by atoms with van der Waals surface area (Å²) in [6.45, 7) is 5.09. The van der Waals surface area contributed by atoms with E-state index in [-0.39, 0.29) is 0 Å². The maximum Gasteiger partial charge on any atom is 0.128 e. The fraction of sp³-hybridized carbons (Fsp3) is 0.583. The molecule has 1 N–H and O–H groups in total. The molecule has 0 aromatic carbocycles. The average molecular weight is 206 g/mol. The Kier molecular flexibility index (Phi) is 2.91. The van der Waals surface area contributed by atoms with Gasteiger partial charge in [-0.1, -0.05) is 6.07 Å². The fourth-order valence-electron chi connectivity index (χ4n) is 2.09. The highest BCUT2D eigenvalue weighted by Gasteiger charge is 2.21. The number of pyridine rings is 1. The standard InChI is InChI=1S/C12H18N2O/c1-9-4-3-7-14(9)12-6-5-11(8-13-12)10(2)15/h5-6,8-10,15H,3-4,7H2,1-2H3/t9?,10-/m1/s1. The highest BCUT2D eigenvalue weighted by atomic mass is 16.3. The number of aliphatic hydroxyl groups excluding tert-OH is 1. The van der Waals surface area contributed by atoms with Crippen molar-refractivity contribution in [1.29, 1.82) is 0 Å². The molecule has 0 bridgehead atoms. The second-order valence-corrected chi connectivity index (χ2v) is 4.31. The van der Waals surface area contributed by atoms with E-state index in [0.29, 0.717) is 6.04 Å². The monoisotopic (exact) mass is 206 g/mol. The molecule has 2 heterocycles. The van der Waals surface area contributed by atoms with Crippen LogP contribution in [0.25, 0.3) is 0 Å². The SMILES string of the molecule is CC1CCCN1c1ccc([C@@H](C)O)cn1. The zero-order valence-corrected chi connectivity index (χ0v) is 9.35. The summed E-state index contributed by atoms with van der Waals surface area (Å²) in [6.07, 6.45) is 3.84. The molecule has 0 amide bonds. The molecule has 1 aliphatic heterocycles. The summed E-state index contributed by atoms with van der Waals surface area (Å²) in [6, 6.07) is 4.55. The molecule has 3 heteroatoms. The van der Waals surface area contributed by atoms with Crippen molar-refractivity contribution < 1.29 is 5.11 Å². The molecule has 1 fully saturated rings. The average Bonchev–Trinajstić information content (AvgIpc) is 2.65. The normalized spacial score (nSPS) is 23.1. The second kappa shape index (κ2) is 4.19. The summed E-state index contributed by atoms with van der Waals surface area (Å²) in [5.74, 6) is 1.03. The Labute approximate surface area is 90.8 Å². The number of aliphatic hydroxyl groups is 1. The summed E-state index contributed by atoms with van der Waals surface area (Å²) in [5, 5.41) is 9.38. The molecule has 1 aromatic rings. The Morgan fingerprint density at radius 1 is 1.53 bits per heavy atom. The third-order valence-electron chi connectivity index (χ3n) is 3.10. The zero-order valence-electron chi connectivity index (χ0n) is 9.35. The molecule has 0 aliphatic carbocycles. The molecule has 0 saturated carbocycles. The molecule has 1 unspecified atom stereocenters. The highest BCUT2D eigenvalue weighted by molar-refractivity contribution is 5.41. The van der Waals surface area contributed by atoms with Gasteiger partial charge in [-0.15, -0.1) is 0 Å². The molecule has 0 radical (unpaired) electrons. The second-order valence-electron chi connectivity index (χ2n) is 4.31. The van der Waals surface area contributed by atoms with Gasteiger partial charge in [-0.2, -0.15) is 0 Å². The lowest BCUT2D eigenvalue weighted by Crippen LogP contribution is -2.27. The van der Waals surface area contributed by atoms with Gasteiger partial charge in [0.1, 0.15) is 5.82 Å². The number of nitrogens with zero attached hydrogens (tertiary/aromatic N) is 2. The van der Waals surface area contributed by atoms with Crippen molar-refractivity contribution in [2.75, 3.05) is 11.4 Å². The first-order valence-electron chi connectivity index (χ1n) is 5.59. The van der Waals surface area contributed by atoms with Crippen LogP contribution in [0.15, 0.2) is 18.3 Å². The van der Waals surface area contributed by atoms with E-state index >= 15 is 0 Å². The third kappa shape index (κ3) is 2.12. The van der Waals surface area contributed by atoms with Gasteiger partial charge in [0.2, 0.25) is 0 Å². The van der Waals surface area contributed by atoms with Crippen molar-refractivity contribution in [2.24, 2.45) is 0 Å². The Morgan fingerprint density at radius 3 is 2.80 bits per heavy atom. The Balaban J connectivity index is 2.16. The van der Waals surface area contributed by atoms with Crippen molar-refractivity contribution >= 4 is 5.82 Å². The highest BCUT2D eigenvalue weighted by Crippen LogP contribution is 2.24. The van der Waals surface area contributed by atoms with Gasteiger partial charge in [-0.3, -0.25) is 0 Å². The maximum atomic E-state index is 9.38. The molecule has 2 rings (SSSR count). The van der Waals surface area contributed by atoms with Crippen molar-refractivity contribution in [3.63, 3.8) is 0 Å². The van der Waals surface area contributed by atoms with Crippen LogP contribution in [0.4, 0.5) is 5.82 Å². The van der Waals surface area contributed by atoms with Gasteiger partial charge in [-0.05, 0) is 38.3 Å². The predicted molar refractivity (Wildman–Crippen MR) is 60.9 cm³/mol. The first kappa shape index (κ1) is 10.4. The third-order valence-corrected chi connectivity index (χ3v) is 3.10. The smallest absolute Gasteiger partial charge is 0.128 e. The Morgan fingerprint density at radius 2 is 2.33 bits per heavy atom. The van der Waals surface area contributed by atoms with Crippen molar-refractivity contribution in [2.45, 2.75) is 38.8 Å². The molecule has 15 heavy (non-hydrogen) atoms. The summed E-state index contributed by atoms with van der Waals surface area (Å²) in [4.78, 5) is 6.72. The van der Waals surface area contributed by atoms with Gasteiger partial charge in [-0.25, -0.2) is 4.98 Å². The van der Waals surface area contributed by atoms with Crippen molar-refractivity contribution in [3.8, 4) is 0 Å². The van der Waals surface area contributed by atoms with E-state index < -0.39 is 6.10 Å². The molecule has 3 nitrogen and oxygen atoms in total. The van der Waals surface area contributed by atoms with E-state index in [4.69, 9.17) is 0 Å². The lowest BCUT2D eigenvalue weighted by Gasteiger charge is -2.22. The van der Waals surface area contributed by atoms with Gasteiger partial charge < -0.3 is 10.0 Å². The molecule has 82 valence electrons. The number of rotatable bonds is 2. The predicted octanol–water partition coefficient (Wildman–Crippen LogP) is 2.12. The Hall–Kier alpha value is -1.09. The topological polar surface area (TPSA) is 36.4 Å². The van der Waals surface area contributed by atoms with Gasteiger partial charge in [0.25, 0.3) is 0 Å². The maximum absolute atomic E-state index is 9.38. The minimum atomic E-state index is -0.428.